The van der Waals surface area contributed by atoms with Crippen molar-refractivity contribution in [2.24, 2.45) is 34.8 Å². The molecule has 1 atom stereocenters. The van der Waals surface area contributed by atoms with Crippen LogP contribution in [0.1, 0.15) is 78.1 Å². The lowest BCUT2D eigenvalue weighted by Gasteiger charge is -2.55. The first kappa shape index (κ1) is 21.9. The average molecular weight is 412 g/mol. The molecule has 5 nitrogen and oxygen atoms in total. The molecular formula is C22H38ClN3O2. The Morgan fingerprint density at radius 3 is 1.89 bits per heavy atom. The zero-order chi connectivity index (χ0) is 19.2. The number of carbonyl (C=O) groups is 2. The van der Waals surface area contributed by atoms with Crippen LogP contribution in [-0.2, 0) is 9.59 Å². The molecule has 0 aromatic carbocycles. The van der Waals surface area contributed by atoms with Gasteiger partial charge in [0.05, 0.1) is 0 Å². The molecule has 2 amide bonds. The number of hydrogen-bond acceptors (Lipinski definition) is 3. The SMILES string of the molecule is CC(C)C(NC(=O)C12CC3CC(CC(C3)C1)C2)C(=O)NC1CCC(N)CC1.Cl. The second kappa shape index (κ2) is 8.51. The van der Waals surface area contributed by atoms with Gasteiger partial charge in [0.1, 0.15) is 6.04 Å². The Morgan fingerprint density at radius 1 is 0.929 bits per heavy atom. The monoisotopic (exact) mass is 411 g/mol. The largest absolute Gasteiger partial charge is 0.352 e. The molecule has 0 heterocycles. The third-order valence-corrected chi connectivity index (χ3v) is 7.87. The van der Waals surface area contributed by atoms with E-state index in [1.54, 1.807) is 0 Å². The summed E-state index contributed by atoms with van der Waals surface area (Å²) in [6, 6.07) is 0.0472. The Morgan fingerprint density at radius 2 is 1.43 bits per heavy atom. The molecule has 4 bridgehead atoms. The van der Waals surface area contributed by atoms with E-state index in [1.807, 2.05) is 13.8 Å². The van der Waals surface area contributed by atoms with Crippen LogP contribution >= 0.6 is 12.4 Å². The average Bonchev–Trinajstić information content (AvgIpc) is 2.59. The Labute approximate surface area is 175 Å². The molecular weight excluding hydrogens is 374 g/mol. The number of nitrogens with one attached hydrogen (secondary N) is 2. The van der Waals surface area contributed by atoms with Crippen molar-refractivity contribution in [1.29, 1.82) is 0 Å². The van der Waals surface area contributed by atoms with E-state index in [0.29, 0.717) is 0 Å². The van der Waals surface area contributed by atoms with Gasteiger partial charge in [-0.1, -0.05) is 13.8 Å². The van der Waals surface area contributed by atoms with E-state index < -0.39 is 6.04 Å². The standard InChI is InChI=1S/C22H37N3O2.ClH/c1-13(2)19(20(26)24-18-5-3-17(23)4-6-18)25-21(27)22-10-14-7-15(11-22)9-16(8-14)12-22;/h13-19H,3-12,23H2,1-2H3,(H,24,26)(H,25,27);1H. The van der Waals surface area contributed by atoms with E-state index in [2.05, 4.69) is 10.6 Å². The molecule has 1 unspecified atom stereocenters. The molecule has 5 aliphatic rings. The second-order valence-corrected chi connectivity index (χ2v) is 10.5. The van der Waals surface area contributed by atoms with Gasteiger partial charge in [0.2, 0.25) is 11.8 Å². The third kappa shape index (κ3) is 4.35. The van der Waals surface area contributed by atoms with Gasteiger partial charge in [-0.05, 0) is 87.9 Å². The van der Waals surface area contributed by atoms with Crippen LogP contribution in [0, 0.1) is 29.1 Å². The quantitative estimate of drug-likeness (QED) is 0.649. The van der Waals surface area contributed by atoms with Gasteiger partial charge in [0, 0.05) is 17.5 Å². The number of nitrogens with two attached hydrogens (primary N) is 1. The van der Waals surface area contributed by atoms with Gasteiger partial charge in [-0.2, -0.15) is 0 Å². The zero-order valence-corrected chi connectivity index (χ0v) is 18.2. The van der Waals surface area contributed by atoms with Gasteiger partial charge >= 0.3 is 0 Å². The molecule has 5 rings (SSSR count). The molecule has 5 saturated carbocycles. The van der Waals surface area contributed by atoms with Crippen LogP contribution < -0.4 is 16.4 Å². The van der Waals surface area contributed by atoms with E-state index in [9.17, 15) is 9.59 Å². The number of hydrogen-bond donors (Lipinski definition) is 3. The van der Waals surface area contributed by atoms with Gasteiger partial charge in [0.25, 0.3) is 0 Å². The molecule has 0 spiro atoms. The molecule has 0 aliphatic heterocycles. The zero-order valence-electron chi connectivity index (χ0n) is 17.4. The number of carbonyl (C=O) groups excluding carboxylic acids is 2. The van der Waals surface area contributed by atoms with Crippen LogP contribution in [0.3, 0.4) is 0 Å². The highest BCUT2D eigenvalue weighted by molar-refractivity contribution is 5.90. The molecule has 0 saturated heterocycles. The molecule has 0 aromatic heterocycles. The minimum absolute atomic E-state index is 0. The lowest BCUT2D eigenvalue weighted by molar-refractivity contribution is -0.149. The fourth-order valence-electron chi connectivity index (χ4n) is 6.77. The van der Waals surface area contributed by atoms with E-state index in [1.165, 1.54) is 19.3 Å². The summed E-state index contributed by atoms with van der Waals surface area (Å²) >= 11 is 0. The van der Waals surface area contributed by atoms with Crippen molar-refractivity contribution in [3.8, 4) is 0 Å². The maximum Gasteiger partial charge on any atom is 0.243 e. The number of rotatable bonds is 5. The normalized spacial score (nSPS) is 39.9. The minimum atomic E-state index is -0.430. The summed E-state index contributed by atoms with van der Waals surface area (Å²) in [4.78, 5) is 26.3. The van der Waals surface area contributed by atoms with Crippen molar-refractivity contribution in [2.45, 2.75) is 96.2 Å². The fourth-order valence-corrected chi connectivity index (χ4v) is 6.77. The summed E-state index contributed by atoms with van der Waals surface area (Å²) in [5.41, 5.74) is 5.78. The van der Waals surface area contributed by atoms with Crippen LogP contribution in [0.4, 0.5) is 0 Å². The fraction of sp³-hybridized carbons (Fsp3) is 0.909. The third-order valence-electron chi connectivity index (χ3n) is 7.87. The van der Waals surface area contributed by atoms with Gasteiger partial charge in [-0.3, -0.25) is 9.59 Å². The molecule has 0 radical (unpaired) electrons. The van der Waals surface area contributed by atoms with E-state index in [0.717, 1.165) is 62.7 Å². The highest BCUT2D eigenvalue weighted by Gasteiger charge is 2.55. The predicted octanol–water partition coefficient (Wildman–Crippen LogP) is 3.15. The lowest BCUT2D eigenvalue weighted by atomic mass is 9.49. The molecule has 160 valence electrons. The van der Waals surface area contributed by atoms with Crippen LogP contribution in [-0.4, -0.2) is 29.9 Å². The van der Waals surface area contributed by atoms with Crippen LogP contribution in [0.15, 0.2) is 0 Å². The first-order valence-electron chi connectivity index (χ1n) is 11.2. The molecule has 6 heteroatoms. The van der Waals surface area contributed by atoms with Gasteiger partial charge < -0.3 is 16.4 Å². The Balaban J connectivity index is 0.00000225. The van der Waals surface area contributed by atoms with Crippen molar-refractivity contribution >= 4 is 24.2 Å². The second-order valence-electron chi connectivity index (χ2n) is 10.5. The van der Waals surface area contributed by atoms with Crippen LogP contribution in [0.5, 0.6) is 0 Å². The van der Waals surface area contributed by atoms with Gasteiger partial charge in [0.15, 0.2) is 0 Å². The number of halogens is 1. The molecule has 4 N–H and O–H groups in total. The van der Waals surface area contributed by atoms with Crippen LogP contribution in [0.25, 0.3) is 0 Å². The maximum absolute atomic E-state index is 13.3. The topological polar surface area (TPSA) is 84.2 Å². The van der Waals surface area contributed by atoms with Crippen molar-refractivity contribution < 1.29 is 9.59 Å². The smallest absolute Gasteiger partial charge is 0.243 e. The van der Waals surface area contributed by atoms with E-state index >= 15 is 0 Å². The Hall–Kier alpha value is -0.810. The first-order chi connectivity index (χ1) is 12.8. The predicted molar refractivity (Wildman–Crippen MR) is 113 cm³/mol. The van der Waals surface area contributed by atoms with E-state index in [4.69, 9.17) is 5.73 Å². The van der Waals surface area contributed by atoms with Gasteiger partial charge in [-0.15, -0.1) is 12.4 Å². The maximum atomic E-state index is 13.3. The lowest BCUT2D eigenvalue weighted by Crippen LogP contribution is -2.59. The summed E-state index contributed by atoms with van der Waals surface area (Å²) in [6.07, 6.45) is 10.9. The summed E-state index contributed by atoms with van der Waals surface area (Å²) < 4.78 is 0. The Bertz CT molecular complexity index is 551. The minimum Gasteiger partial charge on any atom is -0.352 e. The highest BCUT2D eigenvalue weighted by atomic mass is 35.5. The summed E-state index contributed by atoms with van der Waals surface area (Å²) in [6.45, 7) is 4.06. The van der Waals surface area contributed by atoms with Crippen LogP contribution in [0.2, 0.25) is 0 Å². The number of amides is 2. The van der Waals surface area contributed by atoms with Gasteiger partial charge in [-0.25, -0.2) is 0 Å². The molecule has 0 aromatic rings. The summed E-state index contributed by atoms with van der Waals surface area (Å²) in [5.74, 6) is 2.44. The summed E-state index contributed by atoms with van der Waals surface area (Å²) in [7, 11) is 0. The molecule has 28 heavy (non-hydrogen) atoms. The highest BCUT2D eigenvalue weighted by Crippen LogP contribution is 2.60. The molecule has 5 aliphatic carbocycles. The van der Waals surface area contributed by atoms with Crippen molar-refractivity contribution in [3.05, 3.63) is 0 Å². The first-order valence-corrected chi connectivity index (χ1v) is 11.2. The Kier molecular flexibility index (Phi) is 6.65. The van der Waals surface area contributed by atoms with Crippen molar-refractivity contribution in [3.63, 3.8) is 0 Å². The van der Waals surface area contributed by atoms with Crippen molar-refractivity contribution in [1.82, 2.24) is 10.6 Å². The summed E-state index contributed by atoms with van der Waals surface area (Å²) in [5, 5.41) is 6.39. The van der Waals surface area contributed by atoms with Crippen molar-refractivity contribution in [2.75, 3.05) is 0 Å². The van der Waals surface area contributed by atoms with E-state index in [-0.39, 0.29) is 47.6 Å². The molecule has 5 fully saturated rings.